The highest BCUT2D eigenvalue weighted by Gasteiger charge is 2.21. The molecule has 1 aromatic carbocycles. The van der Waals surface area contributed by atoms with Crippen LogP contribution in [0, 0.1) is 0 Å². The normalized spacial score (nSPS) is 16.2. The van der Waals surface area contributed by atoms with E-state index in [1.165, 1.54) is 0 Å². The maximum atomic E-state index is 12.3. The Hall–Kier alpha value is -2.83. The highest BCUT2D eigenvalue weighted by Crippen LogP contribution is 2.31. The van der Waals surface area contributed by atoms with Gasteiger partial charge < -0.3 is 19.8 Å². The van der Waals surface area contributed by atoms with E-state index in [0.29, 0.717) is 31.0 Å². The van der Waals surface area contributed by atoms with Crippen molar-refractivity contribution < 1.29 is 14.3 Å². The Labute approximate surface area is 151 Å². The van der Waals surface area contributed by atoms with E-state index in [2.05, 4.69) is 15.3 Å². The van der Waals surface area contributed by atoms with Crippen LogP contribution < -0.4 is 20.5 Å². The molecule has 3 rings (SSSR count). The Kier molecular flexibility index (Phi) is 4.97. The first-order chi connectivity index (χ1) is 12.3. The van der Waals surface area contributed by atoms with E-state index in [4.69, 9.17) is 9.47 Å². The summed E-state index contributed by atoms with van der Waals surface area (Å²) in [5.74, 6) is 1.06. The van der Waals surface area contributed by atoms with E-state index in [0.717, 1.165) is 5.75 Å². The summed E-state index contributed by atoms with van der Waals surface area (Å²) in [7, 11) is 0. The van der Waals surface area contributed by atoms with Gasteiger partial charge in [0.2, 0.25) is 0 Å². The number of amides is 1. The third kappa shape index (κ3) is 4.22. The summed E-state index contributed by atoms with van der Waals surface area (Å²) >= 11 is 0. The first-order valence-corrected chi connectivity index (χ1v) is 8.61. The summed E-state index contributed by atoms with van der Waals surface area (Å²) in [6, 6.07) is 9.11. The van der Waals surface area contributed by atoms with Gasteiger partial charge in [-0.2, -0.15) is 4.98 Å². The van der Waals surface area contributed by atoms with Crippen molar-refractivity contribution in [2.24, 2.45) is 0 Å². The minimum absolute atomic E-state index is 0.116. The Morgan fingerprint density at radius 2 is 2.04 bits per heavy atom. The molecule has 7 heteroatoms. The summed E-state index contributed by atoms with van der Waals surface area (Å²) < 4.78 is 11.5. The molecule has 0 saturated carbocycles. The van der Waals surface area contributed by atoms with E-state index >= 15 is 0 Å². The smallest absolute Gasteiger partial charge is 0.345 e. The standard InChI is InChI=1S/C19H23N3O4/c1-19(2,3)16-10-13(21-18(24)22-16)17(23)20-9-8-12-11-25-14-6-4-5-7-15(14)26-12/h4-7,10,12H,8-9,11H2,1-3H3,(H,20,23)(H,21,22,24)/t12-/m1/s1. The monoisotopic (exact) mass is 357 g/mol. The van der Waals surface area contributed by atoms with Crippen LogP contribution >= 0.6 is 0 Å². The number of ether oxygens (including phenoxy) is 2. The average molecular weight is 357 g/mol. The average Bonchev–Trinajstić information content (AvgIpc) is 2.60. The minimum atomic E-state index is -0.525. The van der Waals surface area contributed by atoms with Crippen molar-refractivity contribution in [3.8, 4) is 11.5 Å². The molecule has 2 aromatic rings. The molecule has 1 atom stereocenters. The third-order valence-corrected chi connectivity index (χ3v) is 4.10. The summed E-state index contributed by atoms with van der Waals surface area (Å²) in [5.41, 5.74) is -0.0195. The van der Waals surface area contributed by atoms with Gasteiger partial charge in [0.15, 0.2) is 11.5 Å². The quantitative estimate of drug-likeness (QED) is 0.873. The Morgan fingerprint density at radius 1 is 1.31 bits per heavy atom. The molecule has 0 bridgehead atoms. The molecule has 0 radical (unpaired) electrons. The molecule has 138 valence electrons. The molecule has 1 aliphatic heterocycles. The number of hydrogen-bond donors (Lipinski definition) is 2. The number of carbonyl (C=O) groups is 1. The summed E-state index contributed by atoms with van der Waals surface area (Å²) in [6.45, 7) is 6.70. The molecule has 0 saturated heterocycles. The van der Waals surface area contributed by atoms with E-state index in [9.17, 15) is 9.59 Å². The molecular weight excluding hydrogens is 334 g/mol. The van der Waals surface area contributed by atoms with Gasteiger partial charge in [-0.1, -0.05) is 32.9 Å². The second-order valence-electron chi connectivity index (χ2n) is 7.28. The van der Waals surface area contributed by atoms with Crippen LogP contribution in [-0.4, -0.2) is 35.1 Å². The SMILES string of the molecule is CC(C)(C)c1cc(C(=O)NCC[C@@H]2COc3ccccc3O2)nc(=O)[nH]1. The summed E-state index contributed by atoms with van der Waals surface area (Å²) in [5, 5.41) is 2.79. The number of hydrogen-bond acceptors (Lipinski definition) is 5. The fourth-order valence-corrected chi connectivity index (χ4v) is 2.62. The third-order valence-electron chi connectivity index (χ3n) is 4.10. The number of nitrogens with one attached hydrogen (secondary N) is 2. The zero-order valence-electron chi connectivity index (χ0n) is 15.2. The fraction of sp³-hybridized carbons (Fsp3) is 0.421. The maximum absolute atomic E-state index is 12.3. The van der Waals surface area contributed by atoms with Gasteiger partial charge in [-0.15, -0.1) is 0 Å². The molecule has 1 aliphatic rings. The first-order valence-electron chi connectivity index (χ1n) is 8.61. The van der Waals surface area contributed by atoms with Crippen LogP contribution in [0.15, 0.2) is 35.1 Å². The number of fused-ring (bicyclic) bond motifs is 1. The predicted octanol–water partition coefficient (Wildman–Crippen LogP) is 2.03. The van der Waals surface area contributed by atoms with Gasteiger partial charge in [0.25, 0.3) is 5.91 Å². The number of rotatable bonds is 4. The largest absolute Gasteiger partial charge is 0.486 e. The van der Waals surface area contributed by atoms with Gasteiger partial charge in [0.1, 0.15) is 18.4 Å². The van der Waals surface area contributed by atoms with Crippen LogP contribution in [-0.2, 0) is 5.41 Å². The molecule has 0 fully saturated rings. The van der Waals surface area contributed by atoms with Crippen molar-refractivity contribution in [3.05, 3.63) is 52.2 Å². The Bertz CT molecular complexity index is 854. The lowest BCUT2D eigenvalue weighted by Gasteiger charge is -2.26. The first kappa shape index (κ1) is 18.0. The zero-order valence-corrected chi connectivity index (χ0v) is 15.2. The van der Waals surface area contributed by atoms with Crippen molar-refractivity contribution in [2.45, 2.75) is 38.7 Å². The molecule has 0 unspecified atom stereocenters. The summed E-state index contributed by atoms with van der Waals surface area (Å²) in [6.07, 6.45) is 0.456. The molecule has 0 aliphatic carbocycles. The van der Waals surface area contributed by atoms with E-state index in [1.807, 2.05) is 45.0 Å². The number of nitrogens with zero attached hydrogens (tertiary/aromatic N) is 1. The van der Waals surface area contributed by atoms with Gasteiger partial charge in [-0.3, -0.25) is 4.79 Å². The molecule has 26 heavy (non-hydrogen) atoms. The van der Waals surface area contributed by atoms with Crippen molar-refractivity contribution in [1.82, 2.24) is 15.3 Å². The van der Waals surface area contributed by atoms with Gasteiger partial charge in [0, 0.05) is 24.1 Å². The van der Waals surface area contributed by atoms with Gasteiger partial charge in [-0.25, -0.2) is 4.79 Å². The van der Waals surface area contributed by atoms with Gasteiger partial charge in [-0.05, 0) is 18.2 Å². The molecule has 1 aromatic heterocycles. The number of aromatic nitrogens is 2. The maximum Gasteiger partial charge on any atom is 0.345 e. The van der Waals surface area contributed by atoms with Crippen LogP contribution in [0.3, 0.4) is 0 Å². The predicted molar refractivity (Wildman–Crippen MR) is 96.9 cm³/mol. The van der Waals surface area contributed by atoms with E-state index in [1.54, 1.807) is 6.07 Å². The number of H-pyrrole nitrogens is 1. The van der Waals surface area contributed by atoms with E-state index in [-0.39, 0.29) is 23.1 Å². The topological polar surface area (TPSA) is 93.3 Å². The second-order valence-corrected chi connectivity index (χ2v) is 7.28. The number of benzene rings is 1. The Balaban J connectivity index is 1.57. The zero-order chi connectivity index (χ0) is 18.7. The van der Waals surface area contributed by atoms with Gasteiger partial charge in [0.05, 0.1) is 0 Å². The highest BCUT2D eigenvalue weighted by atomic mass is 16.6. The van der Waals surface area contributed by atoms with Crippen LogP contribution in [0.25, 0.3) is 0 Å². The molecule has 2 N–H and O–H groups in total. The van der Waals surface area contributed by atoms with Crippen LogP contribution in [0.1, 0.15) is 43.4 Å². The number of carbonyl (C=O) groups excluding carboxylic acids is 1. The number of para-hydroxylation sites is 2. The van der Waals surface area contributed by atoms with Crippen LogP contribution in [0.4, 0.5) is 0 Å². The minimum Gasteiger partial charge on any atom is -0.486 e. The van der Waals surface area contributed by atoms with Crippen molar-refractivity contribution >= 4 is 5.91 Å². The molecule has 2 heterocycles. The fourth-order valence-electron chi connectivity index (χ4n) is 2.62. The van der Waals surface area contributed by atoms with Crippen molar-refractivity contribution in [2.75, 3.05) is 13.2 Å². The second kappa shape index (κ2) is 7.19. The highest BCUT2D eigenvalue weighted by molar-refractivity contribution is 5.92. The lowest BCUT2D eigenvalue weighted by atomic mass is 9.91. The van der Waals surface area contributed by atoms with E-state index < -0.39 is 5.69 Å². The Morgan fingerprint density at radius 3 is 2.77 bits per heavy atom. The van der Waals surface area contributed by atoms with Crippen LogP contribution in [0.2, 0.25) is 0 Å². The molecular formula is C19H23N3O4. The van der Waals surface area contributed by atoms with Crippen molar-refractivity contribution in [3.63, 3.8) is 0 Å². The lowest BCUT2D eigenvalue weighted by Crippen LogP contribution is -2.35. The van der Waals surface area contributed by atoms with Gasteiger partial charge >= 0.3 is 5.69 Å². The van der Waals surface area contributed by atoms with Crippen LogP contribution in [0.5, 0.6) is 11.5 Å². The lowest BCUT2D eigenvalue weighted by molar-refractivity contribution is 0.0811. The summed E-state index contributed by atoms with van der Waals surface area (Å²) in [4.78, 5) is 30.5. The number of aromatic amines is 1. The molecule has 1 amide bonds. The van der Waals surface area contributed by atoms with Crippen molar-refractivity contribution in [1.29, 1.82) is 0 Å². The molecule has 7 nitrogen and oxygen atoms in total. The molecule has 0 spiro atoms.